The summed E-state index contributed by atoms with van der Waals surface area (Å²) < 4.78 is 39.4. The van der Waals surface area contributed by atoms with Gasteiger partial charge in [0.15, 0.2) is 0 Å². The van der Waals surface area contributed by atoms with E-state index in [0.29, 0.717) is 12.0 Å². The van der Waals surface area contributed by atoms with Crippen LogP contribution in [0.15, 0.2) is 18.5 Å². The Morgan fingerprint density at radius 3 is 2.76 bits per heavy atom. The van der Waals surface area contributed by atoms with E-state index in [1.807, 2.05) is 0 Å². The second-order valence-corrected chi connectivity index (χ2v) is 4.56. The summed E-state index contributed by atoms with van der Waals surface area (Å²) in [4.78, 5) is 3.76. The van der Waals surface area contributed by atoms with Crippen LogP contribution in [0.4, 0.5) is 13.2 Å². The quantitative estimate of drug-likeness (QED) is 0.884. The van der Waals surface area contributed by atoms with Crippen molar-refractivity contribution < 1.29 is 13.2 Å². The van der Waals surface area contributed by atoms with Crippen LogP contribution in [-0.2, 0) is 0 Å². The van der Waals surface area contributed by atoms with E-state index in [1.165, 1.54) is 12.3 Å². The van der Waals surface area contributed by atoms with Crippen molar-refractivity contribution in [3.05, 3.63) is 29.8 Å². The number of rotatable bonds is 3. The Balaban J connectivity index is 2.17. The SMILES string of the molecule is CNC(c1cncc(F)c1)C1CCC(F)(F)C1. The Hall–Kier alpha value is -1.10. The predicted octanol–water partition coefficient (Wildman–Crippen LogP) is 2.92. The zero-order valence-electron chi connectivity index (χ0n) is 9.59. The lowest BCUT2D eigenvalue weighted by atomic mass is 9.92. The molecule has 1 aromatic heterocycles. The number of nitrogens with one attached hydrogen (secondary N) is 1. The van der Waals surface area contributed by atoms with Gasteiger partial charge in [0.2, 0.25) is 5.92 Å². The summed E-state index contributed by atoms with van der Waals surface area (Å²) in [6.45, 7) is 0. The fourth-order valence-electron chi connectivity index (χ4n) is 2.54. The second-order valence-electron chi connectivity index (χ2n) is 4.56. The molecule has 94 valence electrons. The molecule has 0 amide bonds. The van der Waals surface area contributed by atoms with E-state index in [-0.39, 0.29) is 24.8 Å². The van der Waals surface area contributed by atoms with Crippen LogP contribution < -0.4 is 5.32 Å². The van der Waals surface area contributed by atoms with Crippen LogP contribution in [0.5, 0.6) is 0 Å². The van der Waals surface area contributed by atoms with E-state index in [9.17, 15) is 13.2 Å². The molecule has 1 heterocycles. The van der Waals surface area contributed by atoms with Crippen LogP contribution in [0.25, 0.3) is 0 Å². The first-order valence-electron chi connectivity index (χ1n) is 5.67. The number of pyridine rings is 1. The van der Waals surface area contributed by atoms with Gasteiger partial charge in [-0.2, -0.15) is 0 Å². The highest BCUT2D eigenvalue weighted by molar-refractivity contribution is 5.17. The number of halogens is 3. The summed E-state index contributed by atoms with van der Waals surface area (Å²) in [5, 5.41) is 2.99. The van der Waals surface area contributed by atoms with Crippen molar-refractivity contribution in [1.82, 2.24) is 10.3 Å². The molecule has 17 heavy (non-hydrogen) atoms. The third-order valence-corrected chi connectivity index (χ3v) is 3.31. The van der Waals surface area contributed by atoms with Gasteiger partial charge in [-0.3, -0.25) is 4.98 Å². The van der Waals surface area contributed by atoms with Crippen LogP contribution in [-0.4, -0.2) is 18.0 Å². The average Bonchev–Trinajstić information content (AvgIpc) is 2.60. The Morgan fingerprint density at radius 1 is 1.47 bits per heavy atom. The Kier molecular flexibility index (Phi) is 3.38. The number of aromatic nitrogens is 1. The van der Waals surface area contributed by atoms with Gasteiger partial charge in [0.1, 0.15) is 5.82 Å². The van der Waals surface area contributed by atoms with Gasteiger partial charge in [0, 0.05) is 25.1 Å². The molecule has 0 bridgehead atoms. The fourth-order valence-corrected chi connectivity index (χ4v) is 2.54. The van der Waals surface area contributed by atoms with Crippen LogP contribution in [0.2, 0.25) is 0 Å². The van der Waals surface area contributed by atoms with E-state index in [0.717, 1.165) is 6.20 Å². The number of hydrogen-bond donors (Lipinski definition) is 1. The molecule has 2 atom stereocenters. The lowest BCUT2D eigenvalue weighted by molar-refractivity contribution is 0.00339. The monoisotopic (exact) mass is 244 g/mol. The van der Waals surface area contributed by atoms with Gasteiger partial charge in [-0.1, -0.05) is 0 Å². The van der Waals surface area contributed by atoms with Crippen molar-refractivity contribution in [3.63, 3.8) is 0 Å². The molecule has 1 aromatic rings. The highest BCUT2D eigenvalue weighted by Crippen LogP contribution is 2.44. The number of alkyl halides is 2. The first kappa shape index (κ1) is 12.4. The number of hydrogen-bond acceptors (Lipinski definition) is 2. The van der Waals surface area contributed by atoms with Crippen LogP contribution >= 0.6 is 0 Å². The standard InChI is InChI=1S/C12H15F3N2/c1-16-11(8-2-3-12(14,15)5-8)9-4-10(13)7-17-6-9/h4,6-8,11,16H,2-3,5H2,1H3. The van der Waals surface area contributed by atoms with Crippen LogP contribution in [0.3, 0.4) is 0 Å². The molecule has 1 saturated carbocycles. The zero-order valence-corrected chi connectivity index (χ0v) is 9.59. The Morgan fingerprint density at radius 2 is 2.24 bits per heavy atom. The first-order chi connectivity index (χ1) is 8.02. The minimum Gasteiger partial charge on any atom is -0.313 e. The summed E-state index contributed by atoms with van der Waals surface area (Å²) in [5.41, 5.74) is 0.634. The molecule has 5 heteroatoms. The summed E-state index contributed by atoms with van der Waals surface area (Å²) in [6, 6.07) is 1.09. The summed E-state index contributed by atoms with van der Waals surface area (Å²) >= 11 is 0. The van der Waals surface area contributed by atoms with Gasteiger partial charge in [0.05, 0.1) is 6.20 Å². The van der Waals surface area contributed by atoms with Crippen molar-refractivity contribution in [2.75, 3.05) is 7.05 Å². The molecule has 0 spiro atoms. The third-order valence-electron chi connectivity index (χ3n) is 3.31. The molecule has 0 aliphatic heterocycles. The summed E-state index contributed by atoms with van der Waals surface area (Å²) in [6.07, 6.45) is 2.86. The minimum absolute atomic E-state index is 0.0847. The minimum atomic E-state index is -2.58. The van der Waals surface area contributed by atoms with Crippen molar-refractivity contribution in [1.29, 1.82) is 0 Å². The van der Waals surface area contributed by atoms with Gasteiger partial charge >= 0.3 is 0 Å². The van der Waals surface area contributed by atoms with E-state index in [2.05, 4.69) is 10.3 Å². The Bertz CT molecular complexity index is 395. The van der Waals surface area contributed by atoms with Gasteiger partial charge in [0.25, 0.3) is 0 Å². The van der Waals surface area contributed by atoms with Crippen molar-refractivity contribution >= 4 is 0 Å². The normalized spacial score (nSPS) is 24.8. The fraction of sp³-hybridized carbons (Fsp3) is 0.583. The summed E-state index contributed by atoms with van der Waals surface area (Å²) in [7, 11) is 1.70. The van der Waals surface area contributed by atoms with Gasteiger partial charge in [-0.25, -0.2) is 13.2 Å². The van der Waals surface area contributed by atoms with Crippen molar-refractivity contribution in [3.8, 4) is 0 Å². The highest BCUT2D eigenvalue weighted by Gasteiger charge is 2.42. The lowest BCUT2D eigenvalue weighted by Gasteiger charge is -2.23. The molecule has 1 N–H and O–H groups in total. The molecule has 0 radical (unpaired) electrons. The molecule has 1 aliphatic carbocycles. The van der Waals surface area contributed by atoms with E-state index in [4.69, 9.17) is 0 Å². The topological polar surface area (TPSA) is 24.9 Å². The maximum Gasteiger partial charge on any atom is 0.248 e. The molecule has 1 fully saturated rings. The number of nitrogens with zero attached hydrogens (tertiary/aromatic N) is 1. The van der Waals surface area contributed by atoms with E-state index >= 15 is 0 Å². The second kappa shape index (κ2) is 4.64. The van der Waals surface area contributed by atoms with Crippen molar-refractivity contribution in [2.45, 2.75) is 31.2 Å². The smallest absolute Gasteiger partial charge is 0.248 e. The molecule has 1 aliphatic rings. The maximum atomic E-state index is 13.2. The maximum absolute atomic E-state index is 13.2. The van der Waals surface area contributed by atoms with Crippen LogP contribution in [0, 0.1) is 11.7 Å². The first-order valence-corrected chi connectivity index (χ1v) is 5.67. The molecule has 2 nitrogen and oxygen atoms in total. The highest BCUT2D eigenvalue weighted by atomic mass is 19.3. The Labute approximate surface area is 98.2 Å². The molecule has 2 unspecified atom stereocenters. The zero-order chi connectivity index (χ0) is 12.5. The van der Waals surface area contributed by atoms with Crippen molar-refractivity contribution in [2.24, 2.45) is 5.92 Å². The molecule has 0 saturated heterocycles. The average molecular weight is 244 g/mol. The summed E-state index contributed by atoms with van der Waals surface area (Å²) in [5.74, 6) is -3.19. The van der Waals surface area contributed by atoms with E-state index < -0.39 is 11.7 Å². The molecule has 2 rings (SSSR count). The largest absolute Gasteiger partial charge is 0.313 e. The predicted molar refractivity (Wildman–Crippen MR) is 58.3 cm³/mol. The lowest BCUT2D eigenvalue weighted by Crippen LogP contribution is -2.25. The van der Waals surface area contributed by atoms with E-state index in [1.54, 1.807) is 7.05 Å². The van der Waals surface area contributed by atoms with Gasteiger partial charge in [-0.15, -0.1) is 0 Å². The molecular weight excluding hydrogens is 229 g/mol. The van der Waals surface area contributed by atoms with Gasteiger partial charge < -0.3 is 5.32 Å². The van der Waals surface area contributed by atoms with Crippen LogP contribution in [0.1, 0.15) is 30.9 Å². The molecular formula is C12H15F3N2. The third kappa shape index (κ3) is 2.77. The van der Waals surface area contributed by atoms with Gasteiger partial charge in [-0.05, 0) is 31.0 Å². The molecule has 0 aromatic carbocycles.